The van der Waals surface area contributed by atoms with Crippen molar-refractivity contribution in [2.24, 2.45) is 0 Å². The first-order valence-corrected chi connectivity index (χ1v) is 7.59. The maximum Gasteiger partial charge on any atom is 0.205 e. The number of aromatic nitrogens is 2. The van der Waals surface area contributed by atoms with Gasteiger partial charge in [-0.1, -0.05) is 13.0 Å². The molecule has 0 aliphatic carbocycles. The number of carbonyl (C=O) groups is 1. The number of hydrogen-bond acceptors (Lipinski definition) is 3. The Morgan fingerprint density at radius 2 is 2.13 bits per heavy atom. The Labute approximate surface area is 133 Å². The third kappa shape index (κ3) is 3.08. The van der Waals surface area contributed by atoms with E-state index in [1.807, 2.05) is 19.1 Å². The fraction of sp³-hybridized carbons (Fsp3) is 0.222. The zero-order valence-electron chi connectivity index (χ0n) is 13.1. The van der Waals surface area contributed by atoms with Gasteiger partial charge < -0.3 is 15.1 Å². The van der Waals surface area contributed by atoms with Crippen molar-refractivity contribution >= 4 is 29.0 Å². The number of anilines is 2. The van der Waals surface area contributed by atoms with E-state index in [9.17, 15) is 9.18 Å². The van der Waals surface area contributed by atoms with E-state index in [1.54, 1.807) is 6.07 Å². The van der Waals surface area contributed by atoms with E-state index in [-0.39, 0.29) is 5.82 Å². The average molecular weight is 311 g/mol. The zero-order valence-corrected chi connectivity index (χ0v) is 13.1. The molecule has 0 saturated heterocycles. The highest BCUT2D eigenvalue weighted by atomic mass is 19.1. The van der Waals surface area contributed by atoms with Crippen molar-refractivity contribution in [3.63, 3.8) is 0 Å². The lowest BCUT2D eigenvalue weighted by molar-refractivity contribution is -0.107. The second kappa shape index (κ2) is 6.20. The number of hydrogen-bond donors (Lipinski definition) is 2. The first-order valence-electron chi connectivity index (χ1n) is 7.59. The van der Waals surface area contributed by atoms with Gasteiger partial charge in [0.25, 0.3) is 0 Å². The van der Waals surface area contributed by atoms with Crippen LogP contribution in [-0.2, 0) is 17.6 Å². The predicted molar refractivity (Wildman–Crippen MR) is 89.7 cm³/mol. The molecular formula is C18H18FN3O. The predicted octanol–water partition coefficient (Wildman–Crippen LogP) is 4.06. The summed E-state index contributed by atoms with van der Waals surface area (Å²) in [5.74, 6) is 0.345. The molecule has 0 atom stereocenters. The van der Waals surface area contributed by atoms with Gasteiger partial charge in [-0.05, 0) is 54.3 Å². The third-order valence-corrected chi connectivity index (χ3v) is 3.87. The number of aldehydes is 1. The summed E-state index contributed by atoms with van der Waals surface area (Å²) in [5, 5.41) is 3.19. The van der Waals surface area contributed by atoms with Gasteiger partial charge in [-0.3, -0.25) is 0 Å². The van der Waals surface area contributed by atoms with Crippen molar-refractivity contribution < 1.29 is 9.18 Å². The lowest BCUT2D eigenvalue weighted by Gasteiger charge is -2.06. The molecule has 0 amide bonds. The number of imidazole rings is 1. The van der Waals surface area contributed by atoms with Gasteiger partial charge >= 0.3 is 0 Å². The van der Waals surface area contributed by atoms with Crippen LogP contribution in [0.4, 0.5) is 16.0 Å². The molecule has 0 aliphatic rings. The minimum Gasteiger partial charge on any atom is -0.326 e. The van der Waals surface area contributed by atoms with E-state index in [1.165, 1.54) is 12.1 Å². The molecule has 0 spiro atoms. The molecule has 1 heterocycles. The first-order chi connectivity index (χ1) is 11.1. The SMILES string of the molecule is CCc1cc(CC=O)cc2[nH]c(Nc3ccc(F)cc3C)nc12. The minimum atomic E-state index is -0.260. The lowest BCUT2D eigenvalue weighted by Crippen LogP contribution is -1.95. The number of H-pyrrole nitrogens is 1. The second-order valence-electron chi connectivity index (χ2n) is 5.55. The van der Waals surface area contributed by atoms with Crippen LogP contribution in [0.2, 0.25) is 0 Å². The van der Waals surface area contributed by atoms with Crippen LogP contribution in [0.1, 0.15) is 23.6 Å². The number of nitrogens with zero attached hydrogens (tertiary/aromatic N) is 1. The Hall–Kier alpha value is -2.69. The largest absolute Gasteiger partial charge is 0.326 e. The summed E-state index contributed by atoms with van der Waals surface area (Å²) in [6.45, 7) is 3.90. The topological polar surface area (TPSA) is 57.8 Å². The molecule has 0 fully saturated rings. The molecule has 0 saturated carbocycles. The summed E-state index contributed by atoms with van der Waals surface area (Å²) in [6.07, 6.45) is 2.13. The van der Waals surface area contributed by atoms with Crippen LogP contribution in [0.15, 0.2) is 30.3 Å². The Morgan fingerprint density at radius 1 is 1.30 bits per heavy atom. The Kier molecular flexibility index (Phi) is 4.10. The molecule has 4 nitrogen and oxygen atoms in total. The number of carbonyl (C=O) groups excluding carboxylic acids is 1. The van der Waals surface area contributed by atoms with Crippen LogP contribution in [0, 0.1) is 12.7 Å². The van der Waals surface area contributed by atoms with Gasteiger partial charge in [-0.25, -0.2) is 9.37 Å². The Balaban J connectivity index is 2.00. The van der Waals surface area contributed by atoms with Crippen LogP contribution in [0.25, 0.3) is 11.0 Å². The molecule has 3 rings (SSSR count). The van der Waals surface area contributed by atoms with Crippen molar-refractivity contribution in [3.05, 3.63) is 52.8 Å². The van der Waals surface area contributed by atoms with Gasteiger partial charge in [0, 0.05) is 12.1 Å². The summed E-state index contributed by atoms with van der Waals surface area (Å²) >= 11 is 0. The molecule has 0 radical (unpaired) electrons. The molecule has 23 heavy (non-hydrogen) atoms. The quantitative estimate of drug-likeness (QED) is 0.699. The smallest absolute Gasteiger partial charge is 0.205 e. The van der Waals surface area contributed by atoms with E-state index in [0.717, 1.165) is 46.1 Å². The van der Waals surface area contributed by atoms with Crippen LogP contribution < -0.4 is 5.32 Å². The van der Waals surface area contributed by atoms with Crippen LogP contribution in [0.3, 0.4) is 0 Å². The van der Waals surface area contributed by atoms with E-state index in [4.69, 9.17) is 0 Å². The van der Waals surface area contributed by atoms with Gasteiger partial charge in [0.1, 0.15) is 12.1 Å². The summed E-state index contributed by atoms with van der Waals surface area (Å²) in [6, 6.07) is 8.54. The highest BCUT2D eigenvalue weighted by Crippen LogP contribution is 2.25. The first kappa shape index (κ1) is 15.2. The zero-order chi connectivity index (χ0) is 16.4. The highest BCUT2D eigenvalue weighted by molar-refractivity contribution is 5.83. The summed E-state index contributed by atoms with van der Waals surface area (Å²) in [4.78, 5) is 18.6. The number of fused-ring (bicyclic) bond motifs is 1. The summed E-state index contributed by atoms with van der Waals surface area (Å²) < 4.78 is 13.2. The maximum absolute atomic E-state index is 13.2. The maximum atomic E-state index is 13.2. The average Bonchev–Trinajstić information content (AvgIpc) is 2.92. The fourth-order valence-corrected chi connectivity index (χ4v) is 2.69. The molecule has 2 N–H and O–H groups in total. The van der Waals surface area contributed by atoms with E-state index in [0.29, 0.717) is 12.4 Å². The van der Waals surface area contributed by atoms with Crippen molar-refractivity contribution in [2.45, 2.75) is 26.7 Å². The van der Waals surface area contributed by atoms with Crippen LogP contribution in [0.5, 0.6) is 0 Å². The Bertz CT molecular complexity index is 870. The van der Waals surface area contributed by atoms with Gasteiger partial charge in [-0.2, -0.15) is 0 Å². The van der Waals surface area contributed by atoms with E-state index in [2.05, 4.69) is 22.2 Å². The van der Waals surface area contributed by atoms with Crippen molar-refractivity contribution in [1.29, 1.82) is 0 Å². The van der Waals surface area contributed by atoms with Gasteiger partial charge in [0.05, 0.1) is 11.0 Å². The fourth-order valence-electron chi connectivity index (χ4n) is 2.69. The molecule has 3 aromatic rings. The van der Waals surface area contributed by atoms with E-state index >= 15 is 0 Å². The highest BCUT2D eigenvalue weighted by Gasteiger charge is 2.10. The number of rotatable bonds is 5. The minimum absolute atomic E-state index is 0.260. The summed E-state index contributed by atoms with van der Waals surface area (Å²) in [5.41, 5.74) is 5.46. The third-order valence-electron chi connectivity index (χ3n) is 3.87. The van der Waals surface area contributed by atoms with Crippen molar-refractivity contribution in [2.75, 3.05) is 5.32 Å². The molecule has 1 aromatic heterocycles. The molecular weight excluding hydrogens is 293 g/mol. The van der Waals surface area contributed by atoms with Crippen molar-refractivity contribution in [1.82, 2.24) is 9.97 Å². The molecule has 0 aliphatic heterocycles. The van der Waals surface area contributed by atoms with Crippen LogP contribution >= 0.6 is 0 Å². The molecule has 5 heteroatoms. The number of benzene rings is 2. The number of aryl methyl sites for hydroxylation is 2. The van der Waals surface area contributed by atoms with E-state index < -0.39 is 0 Å². The van der Waals surface area contributed by atoms with Gasteiger partial charge in [0.15, 0.2) is 0 Å². The Morgan fingerprint density at radius 3 is 2.83 bits per heavy atom. The standard InChI is InChI=1S/C18H18FN3O/c1-3-13-9-12(6-7-23)10-16-17(13)22-18(21-16)20-15-5-4-14(19)8-11(15)2/h4-5,7-10H,3,6H2,1-2H3,(H2,20,21,22). The van der Waals surface area contributed by atoms with Gasteiger partial charge in [-0.15, -0.1) is 0 Å². The number of aromatic amines is 1. The number of nitrogens with one attached hydrogen (secondary N) is 2. The normalized spacial score (nSPS) is 10.9. The molecule has 0 bridgehead atoms. The molecule has 118 valence electrons. The molecule has 0 unspecified atom stereocenters. The second-order valence-corrected chi connectivity index (χ2v) is 5.55. The lowest BCUT2D eigenvalue weighted by atomic mass is 10.0. The molecule has 2 aromatic carbocycles. The van der Waals surface area contributed by atoms with Gasteiger partial charge in [0.2, 0.25) is 5.95 Å². The number of halogens is 1. The van der Waals surface area contributed by atoms with Crippen molar-refractivity contribution in [3.8, 4) is 0 Å². The van der Waals surface area contributed by atoms with Crippen LogP contribution in [-0.4, -0.2) is 16.3 Å². The summed E-state index contributed by atoms with van der Waals surface area (Å²) in [7, 11) is 0. The monoisotopic (exact) mass is 311 g/mol.